The van der Waals surface area contributed by atoms with E-state index in [2.05, 4.69) is 16.0 Å². The van der Waals surface area contributed by atoms with Crippen molar-refractivity contribution in [3.05, 3.63) is 59.8 Å². The van der Waals surface area contributed by atoms with E-state index >= 15 is 0 Å². The first-order valence-corrected chi connectivity index (χ1v) is 8.04. The maximum atomic E-state index is 13.4. The highest BCUT2D eigenvalue weighted by molar-refractivity contribution is 5.96. The third-order valence-corrected chi connectivity index (χ3v) is 4.60. The number of benzene rings is 2. The molecule has 24 heavy (non-hydrogen) atoms. The van der Waals surface area contributed by atoms with Crippen LogP contribution in [0, 0.1) is 0 Å². The van der Waals surface area contributed by atoms with Crippen LogP contribution in [0.2, 0.25) is 0 Å². The van der Waals surface area contributed by atoms with Crippen LogP contribution in [0.3, 0.4) is 0 Å². The van der Waals surface area contributed by atoms with E-state index in [-0.39, 0.29) is 5.56 Å². The van der Waals surface area contributed by atoms with E-state index in [0.717, 1.165) is 43.0 Å². The zero-order valence-electron chi connectivity index (χ0n) is 13.0. The lowest BCUT2D eigenvalue weighted by molar-refractivity contribution is -0.137. The lowest BCUT2D eigenvalue weighted by atomic mass is 9.97. The Morgan fingerprint density at radius 1 is 0.917 bits per heavy atom. The van der Waals surface area contributed by atoms with Gasteiger partial charge in [0.15, 0.2) is 0 Å². The molecule has 2 aromatic carbocycles. The normalized spacial score (nSPS) is 15.3. The number of nitrogens with zero attached hydrogens (tertiary/aromatic N) is 1. The fourth-order valence-corrected chi connectivity index (χ4v) is 3.56. The molecule has 0 bridgehead atoms. The topological polar surface area (TPSA) is 17.0 Å². The Kier molecular flexibility index (Phi) is 3.61. The zero-order chi connectivity index (χ0) is 16.7. The van der Waals surface area contributed by atoms with E-state index in [1.165, 1.54) is 11.8 Å². The lowest BCUT2D eigenvalue weighted by Crippen LogP contribution is -2.17. The first kappa shape index (κ1) is 15.3. The van der Waals surface area contributed by atoms with Gasteiger partial charge in [-0.2, -0.15) is 13.2 Å². The van der Waals surface area contributed by atoms with Crippen LogP contribution in [-0.4, -0.2) is 17.7 Å². The van der Waals surface area contributed by atoms with Crippen LogP contribution >= 0.6 is 0 Å². The summed E-state index contributed by atoms with van der Waals surface area (Å²) in [6, 6.07) is 13.5. The second-order valence-electron chi connectivity index (χ2n) is 6.07. The molecule has 4 rings (SSSR count). The van der Waals surface area contributed by atoms with Crippen molar-refractivity contribution in [1.29, 1.82) is 0 Å². The van der Waals surface area contributed by atoms with Gasteiger partial charge in [-0.25, -0.2) is 0 Å². The molecule has 0 atom stereocenters. The summed E-state index contributed by atoms with van der Waals surface area (Å²) in [6.07, 6.45) is -3.48. The Balaban J connectivity index is 2.01. The minimum absolute atomic E-state index is 0.244. The molecule has 0 saturated heterocycles. The van der Waals surface area contributed by atoms with E-state index in [1.54, 1.807) is 18.2 Å². The number of fused-ring (bicyclic) bond motifs is 3. The summed E-state index contributed by atoms with van der Waals surface area (Å²) in [4.78, 5) is 0. The molecule has 2 heterocycles. The molecule has 1 aliphatic rings. The number of alkyl halides is 3. The number of halogens is 3. The molecule has 0 spiro atoms. The molecule has 5 heteroatoms. The van der Waals surface area contributed by atoms with Crippen LogP contribution in [-0.2, 0) is 19.1 Å². The molecule has 124 valence electrons. The Labute approximate surface area is 137 Å². The van der Waals surface area contributed by atoms with Crippen molar-refractivity contribution >= 4 is 10.9 Å². The number of rotatable bonds is 1. The Morgan fingerprint density at radius 2 is 1.71 bits per heavy atom. The van der Waals surface area contributed by atoms with E-state index in [0.29, 0.717) is 5.56 Å². The predicted molar refractivity (Wildman–Crippen MR) is 88.9 cm³/mol. The van der Waals surface area contributed by atoms with Crippen LogP contribution < -0.4 is 5.32 Å². The highest BCUT2D eigenvalue weighted by Crippen LogP contribution is 2.40. The summed E-state index contributed by atoms with van der Waals surface area (Å²) >= 11 is 0. The minimum Gasteiger partial charge on any atom is -0.343 e. The van der Waals surface area contributed by atoms with Gasteiger partial charge < -0.3 is 9.88 Å². The smallest absolute Gasteiger partial charge is 0.343 e. The Bertz CT molecular complexity index is 893. The van der Waals surface area contributed by atoms with Gasteiger partial charge in [-0.15, -0.1) is 0 Å². The van der Waals surface area contributed by atoms with Crippen LogP contribution in [0.4, 0.5) is 13.2 Å². The first-order valence-electron chi connectivity index (χ1n) is 8.04. The van der Waals surface area contributed by atoms with Crippen LogP contribution in [0.25, 0.3) is 22.0 Å². The maximum absolute atomic E-state index is 13.4. The Morgan fingerprint density at radius 3 is 2.54 bits per heavy atom. The molecule has 3 aromatic rings. The average Bonchev–Trinajstić information content (AvgIpc) is 2.76. The van der Waals surface area contributed by atoms with Gasteiger partial charge >= 0.3 is 6.18 Å². The summed E-state index contributed by atoms with van der Waals surface area (Å²) < 4.78 is 42.5. The van der Waals surface area contributed by atoms with Crippen LogP contribution in [0.5, 0.6) is 0 Å². The highest BCUT2D eigenvalue weighted by Gasteiger charge is 2.34. The molecule has 1 N–H and O–H groups in total. The molecular weight excluding hydrogens is 313 g/mol. The lowest BCUT2D eigenvalue weighted by Gasteiger charge is -2.15. The van der Waals surface area contributed by atoms with Gasteiger partial charge in [-0.3, -0.25) is 0 Å². The molecule has 2 nitrogen and oxygen atoms in total. The summed E-state index contributed by atoms with van der Waals surface area (Å²) in [7, 11) is 0. The van der Waals surface area contributed by atoms with Crippen molar-refractivity contribution in [2.45, 2.75) is 19.1 Å². The third kappa shape index (κ3) is 2.49. The number of nitrogens with one attached hydrogen (secondary N) is 1. The standard InChI is InChI=1S/C19H17F3N2/c20-19(21,22)17-7-2-1-5-15(17)16-6-3-4-13-12-14-8-9-23-10-11-24(14)18(13)16/h1-7,12,23H,8-11H2. The monoisotopic (exact) mass is 330 g/mol. The average molecular weight is 330 g/mol. The maximum Gasteiger partial charge on any atom is 0.417 e. The minimum atomic E-state index is -4.37. The van der Waals surface area contributed by atoms with Gasteiger partial charge in [-0.05, 0) is 17.7 Å². The van der Waals surface area contributed by atoms with E-state index in [4.69, 9.17) is 0 Å². The summed E-state index contributed by atoms with van der Waals surface area (Å²) in [5.74, 6) is 0. The highest BCUT2D eigenvalue weighted by atomic mass is 19.4. The fraction of sp³-hybridized carbons (Fsp3) is 0.263. The largest absolute Gasteiger partial charge is 0.417 e. The van der Waals surface area contributed by atoms with Gasteiger partial charge in [0, 0.05) is 42.7 Å². The van der Waals surface area contributed by atoms with E-state index in [9.17, 15) is 13.2 Å². The number of hydrogen-bond acceptors (Lipinski definition) is 1. The van der Waals surface area contributed by atoms with Crippen molar-refractivity contribution in [1.82, 2.24) is 9.88 Å². The van der Waals surface area contributed by atoms with Gasteiger partial charge in [0.25, 0.3) is 0 Å². The quantitative estimate of drug-likeness (QED) is 0.696. The number of para-hydroxylation sites is 1. The van der Waals surface area contributed by atoms with E-state index in [1.807, 2.05) is 12.1 Å². The van der Waals surface area contributed by atoms with Gasteiger partial charge in [0.05, 0.1) is 11.1 Å². The number of hydrogen-bond donors (Lipinski definition) is 1. The SMILES string of the molecule is FC(F)(F)c1ccccc1-c1cccc2cc3n(c12)CCNCC3. The second-order valence-corrected chi connectivity index (χ2v) is 6.07. The second kappa shape index (κ2) is 5.67. The van der Waals surface area contributed by atoms with E-state index < -0.39 is 11.7 Å². The molecule has 0 saturated carbocycles. The predicted octanol–water partition coefficient (Wildman–Crippen LogP) is 4.47. The molecular formula is C19H17F3N2. The zero-order valence-corrected chi connectivity index (χ0v) is 13.0. The molecule has 1 aromatic heterocycles. The van der Waals surface area contributed by atoms with Gasteiger partial charge in [0.1, 0.15) is 0 Å². The number of aromatic nitrogens is 1. The molecule has 0 fully saturated rings. The summed E-state index contributed by atoms with van der Waals surface area (Å²) in [5.41, 5.74) is 2.38. The first-order chi connectivity index (χ1) is 11.6. The molecule has 0 aliphatic carbocycles. The summed E-state index contributed by atoms with van der Waals surface area (Å²) in [6.45, 7) is 2.49. The fourth-order valence-electron chi connectivity index (χ4n) is 3.56. The Hall–Kier alpha value is -2.27. The molecule has 1 aliphatic heterocycles. The summed E-state index contributed by atoms with van der Waals surface area (Å²) in [5, 5.41) is 4.34. The van der Waals surface area contributed by atoms with Crippen molar-refractivity contribution in [3.63, 3.8) is 0 Å². The van der Waals surface area contributed by atoms with Crippen molar-refractivity contribution in [3.8, 4) is 11.1 Å². The van der Waals surface area contributed by atoms with Crippen LogP contribution in [0.1, 0.15) is 11.3 Å². The van der Waals surface area contributed by atoms with Crippen LogP contribution in [0.15, 0.2) is 48.5 Å². The van der Waals surface area contributed by atoms with Gasteiger partial charge in [-0.1, -0.05) is 36.4 Å². The van der Waals surface area contributed by atoms with Crippen molar-refractivity contribution < 1.29 is 13.2 Å². The molecule has 0 unspecified atom stereocenters. The molecule has 0 amide bonds. The van der Waals surface area contributed by atoms with Crippen molar-refractivity contribution in [2.24, 2.45) is 0 Å². The van der Waals surface area contributed by atoms with Gasteiger partial charge in [0.2, 0.25) is 0 Å². The molecule has 0 radical (unpaired) electrons. The third-order valence-electron chi connectivity index (χ3n) is 4.60. The van der Waals surface area contributed by atoms with Crippen molar-refractivity contribution in [2.75, 3.05) is 13.1 Å².